The number of carbonyl (C=O) groups is 1. The molecule has 7 heteroatoms. The predicted octanol–water partition coefficient (Wildman–Crippen LogP) is 1.84. The molecule has 0 spiro atoms. The molecule has 23 heavy (non-hydrogen) atoms. The number of aryl methyl sites for hydroxylation is 2. The zero-order valence-electron chi connectivity index (χ0n) is 13.0. The molecule has 0 bridgehead atoms. The summed E-state index contributed by atoms with van der Waals surface area (Å²) in [6.07, 6.45) is 1.40. The summed E-state index contributed by atoms with van der Waals surface area (Å²) in [4.78, 5) is 27.2. The van der Waals surface area contributed by atoms with Gasteiger partial charge in [-0.25, -0.2) is 0 Å². The molecule has 0 fully saturated rings. The Balaban J connectivity index is 2.08. The van der Waals surface area contributed by atoms with Crippen molar-refractivity contribution in [3.8, 4) is 5.75 Å². The summed E-state index contributed by atoms with van der Waals surface area (Å²) in [5.41, 5.74) is 1.88. The van der Waals surface area contributed by atoms with E-state index < -0.39 is 11.5 Å². The topological polar surface area (TPSA) is 100 Å². The maximum Gasteiger partial charge on any atom is 0.266 e. The number of H-pyrrole nitrogens is 1. The molecule has 3 N–H and O–H groups in total. The second kappa shape index (κ2) is 5.28. The molecular formula is C16H16N4O3. The molecule has 0 radical (unpaired) electrons. The molecule has 0 unspecified atom stereocenters. The van der Waals surface area contributed by atoms with Gasteiger partial charge in [0, 0.05) is 12.7 Å². The standard InChI is InChI=1S/C16H16N4O3/c1-8-5-4-6-11(9(8)2)18-15(22)12-13(21)10-7-17-20(3)14(10)19-16(12)23/h4-7H,1-3H3,(H,18,22)(H2,19,21,23). The van der Waals surface area contributed by atoms with Gasteiger partial charge in [-0.1, -0.05) is 12.1 Å². The van der Waals surface area contributed by atoms with Gasteiger partial charge in [-0.05, 0) is 31.0 Å². The van der Waals surface area contributed by atoms with Crippen LogP contribution in [-0.2, 0) is 7.05 Å². The zero-order chi connectivity index (χ0) is 16.7. The van der Waals surface area contributed by atoms with Gasteiger partial charge in [0.2, 0.25) is 0 Å². The molecule has 0 aliphatic rings. The lowest BCUT2D eigenvalue weighted by Crippen LogP contribution is -2.24. The van der Waals surface area contributed by atoms with E-state index in [2.05, 4.69) is 15.4 Å². The summed E-state index contributed by atoms with van der Waals surface area (Å²) in [6.45, 7) is 3.80. The Morgan fingerprint density at radius 1 is 1.35 bits per heavy atom. The minimum Gasteiger partial charge on any atom is -0.506 e. The van der Waals surface area contributed by atoms with E-state index in [0.29, 0.717) is 16.7 Å². The van der Waals surface area contributed by atoms with Crippen LogP contribution in [-0.4, -0.2) is 25.8 Å². The highest BCUT2D eigenvalue weighted by molar-refractivity contribution is 6.08. The first-order chi connectivity index (χ1) is 10.9. The second-order valence-electron chi connectivity index (χ2n) is 5.41. The highest BCUT2D eigenvalue weighted by Crippen LogP contribution is 2.25. The van der Waals surface area contributed by atoms with E-state index in [0.717, 1.165) is 11.1 Å². The van der Waals surface area contributed by atoms with Gasteiger partial charge in [0.25, 0.3) is 11.5 Å². The van der Waals surface area contributed by atoms with E-state index in [1.807, 2.05) is 26.0 Å². The van der Waals surface area contributed by atoms with Crippen LogP contribution in [0.5, 0.6) is 5.75 Å². The van der Waals surface area contributed by atoms with Crippen molar-refractivity contribution in [1.82, 2.24) is 14.8 Å². The fourth-order valence-corrected chi connectivity index (χ4v) is 2.45. The van der Waals surface area contributed by atoms with Crippen molar-refractivity contribution in [2.24, 2.45) is 7.05 Å². The monoisotopic (exact) mass is 312 g/mol. The van der Waals surface area contributed by atoms with Crippen LogP contribution in [0.2, 0.25) is 0 Å². The minimum atomic E-state index is -0.665. The molecule has 118 valence electrons. The van der Waals surface area contributed by atoms with Crippen LogP contribution in [0.3, 0.4) is 0 Å². The molecule has 0 saturated carbocycles. The molecule has 1 aromatic carbocycles. The van der Waals surface area contributed by atoms with Crippen LogP contribution in [0.4, 0.5) is 5.69 Å². The van der Waals surface area contributed by atoms with Gasteiger partial charge in [0.05, 0.1) is 11.6 Å². The third-order valence-electron chi connectivity index (χ3n) is 3.97. The van der Waals surface area contributed by atoms with Gasteiger partial charge < -0.3 is 15.4 Å². The van der Waals surface area contributed by atoms with Crippen molar-refractivity contribution in [3.63, 3.8) is 0 Å². The van der Waals surface area contributed by atoms with Crippen molar-refractivity contribution in [3.05, 3.63) is 51.4 Å². The van der Waals surface area contributed by atoms with E-state index in [4.69, 9.17) is 0 Å². The lowest BCUT2D eigenvalue weighted by molar-refractivity contribution is 0.102. The van der Waals surface area contributed by atoms with Crippen LogP contribution < -0.4 is 10.9 Å². The van der Waals surface area contributed by atoms with Gasteiger partial charge in [0.15, 0.2) is 0 Å². The average Bonchev–Trinajstić information content (AvgIpc) is 2.86. The van der Waals surface area contributed by atoms with Crippen LogP contribution in [0.1, 0.15) is 21.5 Å². The van der Waals surface area contributed by atoms with E-state index in [1.54, 1.807) is 13.1 Å². The maximum atomic E-state index is 12.5. The normalized spacial score (nSPS) is 10.9. The first-order valence-electron chi connectivity index (χ1n) is 7.04. The minimum absolute atomic E-state index is 0.318. The Hall–Kier alpha value is -3.09. The Kier molecular flexibility index (Phi) is 3.40. The molecule has 0 aliphatic heterocycles. The molecule has 2 heterocycles. The van der Waals surface area contributed by atoms with Crippen molar-refractivity contribution in [2.75, 3.05) is 5.32 Å². The maximum absolute atomic E-state index is 12.5. The third-order valence-corrected chi connectivity index (χ3v) is 3.97. The molecule has 1 amide bonds. The van der Waals surface area contributed by atoms with Gasteiger partial charge in [-0.15, -0.1) is 0 Å². The molecule has 3 rings (SSSR count). The molecule has 0 saturated heterocycles. The Labute approximate surface area is 131 Å². The number of nitrogens with one attached hydrogen (secondary N) is 2. The first-order valence-corrected chi connectivity index (χ1v) is 7.04. The van der Waals surface area contributed by atoms with Crippen LogP contribution >= 0.6 is 0 Å². The number of hydrogen-bond acceptors (Lipinski definition) is 4. The van der Waals surface area contributed by atoms with E-state index in [1.165, 1.54) is 10.9 Å². The predicted molar refractivity (Wildman–Crippen MR) is 86.9 cm³/mol. The number of anilines is 1. The smallest absolute Gasteiger partial charge is 0.266 e. The average molecular weight is 312 g/mol. The van der Waals surface area contributed by atoms with E-state index in [-0.39, 0.29) is 11.3 Å². The molecule has 0 aliphatic carbocycles. The summed E-state index contributed by atoms with van der Waals surface area (Å²) in [7, 11) is 1.63. The number of rotatable bonds is 2. The van der Waals surface area contributed by atoms with Crippen LogP contribution in [0.15, 0.2) is 29.2 Å². The van der Waals surface area contributed by atoms with E-state index >= 15 is 0 Å². The molecule has 0 atom stereocenters. The number of pyridine rings is 1. The Bertz CT molecular complexity index is 985. The lowest BCUT2D eigenvalue weighted by atomic mass is 10.1. The summed E-state index contributed by atoms with van der Waals surface area (Å²) in [5.74, 6) is -1.04. The number of nitrogens with zero attached hydrogens (tertiary/aromatic N) is 2. The second-order valence-corrected chi connectivity index (χ2v) is 5.41. The number of aromatic amines is 1. The van der Waals surface area contributed by atoms with Crippen molar-refractivity contribution < 1.29 is 9.90 Å². The summed E-state index contributed by atoms with van der Waals surface area (Å²) in [5, 5.41) is 17.2. The van der Waals surface area contributed by atoms with Gasteiger partial charge >= 0.3 is 0 Å². The summed E-state index contributed by atoms with van der Waals surface area (Å²) in [6, 6.07) is 5.48. The number of aromatic nitrogens is 3. The largest absolute Gasteiger partial charge is 0.506 e. The zero-order valence-corrected chi connectivity index (χ0v) is 13.0. The SMILES string of the molecule is Cc1cccc(NC(=O)c2c(O)c3cnn(C)c3[nH]c2=O)c1C. The molecular weight excluding hydrogens is 296 g/mol. The Morgan fingerprint density at radius 3 is 2.83 bits per heavy atom. The quantitative estimate of drug-likeness (QED) is 0.672. The fourth-order valence-electron chi connectivity index (χ4n) is 2.45. The van der Waals surface area contributed by atoms with Gasteiger partial charge in [-0.3, -0.25) is 14.3 Å². The molecule has 7 nitrogen and oxygen atoms in total. The van der Waals surface area contributed by atoms with E-state index in [9.17, 15) is 14.7 Å². The molecule has 3 aromatic rings. The third kappa shape index (κ3) is 2.36. The van der Waals surface area contributed by atoms with Crippen molar-refractivity contribution in [2.45, 2.75) is 13.8 Å². The van der Waals surface area contributed by atoms with Crippen molar-refractivity contribution >= 4 is 22.6 Å². The highest BCUT2D eigenvalue weighted by atomic mass is 16.3. The van der Waals surface area contributed by atoms with Gasteiger partial charge in [0.1, 0.15) is 17.0 Å². The van der Waals surface area contributed by atoms with Gasteiger partial charge in [-0.2, -0.15) is 5.10 Å². The number of amides is 1. The Morgan fingerprint density at radius 2 is 2.09 bits per heavy atom. The number of hydrogen-bond donors (Lipinski definition) is 3. The van der Waals surface area contributed by atoms with Crippen molar-refractivity contribution in [1.29, 1.82) is 0 Å². The van der Waals surface area contributed by atoms with Crippen LogP contribution in [0, 0.1) is 13.8 Å². The van der Waals surface area contributed by atoms with Crippen LogP contribution in [0.25, 0.3) is 11.0 Å². The number of carbonyl (C=O) groups excluding carboxylic acids is 1. The summed E-state index contributed by atoms with van der Waals surface area (Å²) >= 11 is 0. The molecule has 2 aromatic heterocycles. The summed E-state index contributed by atoms with van der Waals surface area (Å²) < 4.78 is 1.42. The number of fused-ring (bicyclic) bond motifs is 1. The first kappa shape index (κ1) is 14.8. The number of aromatic hydroxyl groups is 1. The lowest BCUT2D eigenvalue weighted by Gasteiger charge is -2.11. The highest BCUT2D eigenvalue weighted by Gasteiger charge is 2.21. The number of benzene rings is 1. The fraction of sp³-hybridized carbons (Fsp3) is 0.188.